The van der Waals surface area contributed by atoms with Gasteiger partial charge in [-0.05, 0) is 123 Å². The summed E-state index contributed by atoms with van der Waals surface area (Å²) in [6.07, 6.45) is -17.4. The fourth-order valence-corrected chi connectivity index (χ4v) is 11.9. The van der Waals surface area contributed by atoms with Crippen molar-refractivity contribution in [2.45, 2.75) is 175 Å². The second-order valence-corrected chi connectivity index (χ2v) is 25.6. The molecule has 0 bridgehead atoms. The molecule has 0 saturated carbocycles. The van der Waals surface area contributed by atoms with E-state index in [0.29, 0.717) is 22.3 Å². The summed E-state index contributed by atoms with van der Waals surface area (Å²) in [5, 5.41) is 164. The van der Waals surface area contributed by atoms with E-state index in [0.717, 1.165) is 46.3 Å². The number of aliphatic hydroxyl groups is 8. The van der Waals surface area contributed by atoms with E-state index in [9.17, 15) is 61.3 Å². The van der Waals surface area contributed by atoms with Crippen molar-refractivity contribution in [3.05, 3.63) is 113 Å². The molecule has 0 amide bonds. The molecule has 40 heteroatoms. The van der Waals surface area contributed by atoms with Crippen LogP contribution in [0.5, 0.6) is 23.0 Å². The van der Waals surface area contributed by atoms with Crippen LogP contribution >= 0.6 is 63.7 Å². The largest absolute Gasteiger partial charge is 2.00 e. The molecule has 8 heterocycles. The van der Waals surface area contributed by atoms with Crippen LogP contribution in [0.2, 0.25) is 0 Å². The number of nitrogens with zero attached hydrogens (tertiary/aromatic N) is 4. The first-order chi connectivity index (χ1) is 47.8. The number of ether oxygens (including phenoxy) is 12. The first-order valence-electron chi connectivity index (χ1n) is 30.7. The first kappa shape index (κ1) is 99.8. The van der Waals surface area contributed by atoms with Crippen molar-refractivity contribution in [2.24, 2.45) is 20.0 Å². The van der Waals surface area contributed by atoms with Crippen molar-refractivity contribution in [2.75, 3.05) is 54.9 Å². The Kier molecular flexibility index (Phi) is 47.9. The van der Waals surface area contributed by atoms with Gasteiger partial charge in [-0.1, -0.05) is 111 Å². The number of aliphatic hydroxyl groups excluding tert-OH is 8. The number of hydrogen-bond donors (Lipinski definition) is 8. The molecule has 8 saturated heterocycles. The second-order valence-electron chi connectivity index (χ2n) is 21.9. The van der Waals surface area contributed by atoms with Crippen LogP contribution < -0.4 is 40.9 Å². The van der Waals surface area contributed by atoms with Crippen LogP contribution in [0.4, 0.5) is 0 Å². The third-order valence-electron chi connectivity index (χ3n) is 15.2. The maximum absolute atomic E-state index is 12.2. The van der Waals surface area contributed by atoms with E-state index in [-0.39, 0.29) is 118 Å². The third kappa shape index (κ3) is 28.2. The van der Waals surface area contributed by atoms with Gasteiger partial charge >= 0.3 is 68.3 Å². The maximum atomic E-state index is 12.2. The van der Waals surface area contributed by atoms with Gasteiger partial charge in [-0.2, -0.15) is 0 Å². The summed E-state index contributed by atoms with van der Waals surface area (Å²) in [6.45, 7) is 7.62. The normalized spacial score (nSPS) is 33.6. The zero-order chi connectivity index (χ0) is 74.2. The van der Waals surface area contributed by atoms with E-state index in [4.69, 9.17) is 77.3 Å². The quantitative estimate of drug-likeness (QED) is 0.0627. The Labute approximate surface area is 676 Å². The van der Waals surface area contributed by atoms with Crippen molar-refractivity contribution in [3.8, 4) is 23.0 Å². The molecule has 4 aromatic carbocycles. The molecule has 104 heavy (non-hydrogen) atoms. The molecule has 24 atom stereocenters. The van der Waals surface area contributed by atoms with Gasteiger partial charge in [0.25, 0.3) is 0 Å². The van der Waals surface area contributed by atoms with Crippen molar-refractivity contribution >= 4 is 88.6 Å². The first-order valence-corrected chi connectivity index (χ1v) is 33.8. The molecule has 0 unspecified atom stereocenters. The van der Waals surface area contributed by atoms with Crippen molar-refractivity contribution < 1.29 is 207 Å². The number of hydrogen-bond acceptors (Lipinski definition) is 32. The standard InChI is InChI=1S/4C15H17BrNO6.4CH4O.4Cu/c4*1-7-21-6-11-14(22-7)12(19)13(20)15(23-11)17-5-8-4-9(16)2-3-10(8)18;4*1-2;;;;/h4*2-5,7,11-15,18-19H,6H2,1H3;4*2H,1H3;;;;/q4*-1;;;;;4*+2/p-4/b4*17-5+;;;;;;;;/t4*7-,11-,12-,13-,14-,15-;;;;;;;;/m1111......../s1. The Bertz CT molecular complexity index is 2830. The fourth-order valence-electron chi connectivity index (χ4n) is 10.4. The minimum Gasteiger partial charge on any atom is -0.872 e. The number of halogens is 4. The Hall–Kier alpha value is -2.20. The molecule has 0 spiro atoms. The molecule has 596 valence electrons. The van der Waals surface area contributed by atoms with E-state index in [1.807, 2.05) is 0 Å². The Morgan fingerprint density at radius 3 is 0.673 bits per heavy atom. The topological polar surface area (TPSA) is 507 Å². The molecule has 8 fully saturated rings. The van der Waals surface area contributed by atoms with Crippen LogP contribution in [0.25, 0.3) is 0 Å². The van der Waals surface area contributed by atoms with Crippen LogP contribution in [0.15, 0.2) is 111 Å². The van der Waals surface area contributed by atoms with Crippen LogP contribution in [-0.2, 0) is 125 Å². The van der Waals surface area contributed by atoms with Crippen molar-refractivity contribution in [3.63, 3.8) is 0 Å². The monoisotopic (exact) mass is 1920 g/mol. The van der Waals surface area contributed by atoms with E-state index in [2.05, 4.69) is 83.7 Å². The van der Waals surface area contributed by atoms with E-state index in [1.165, 1.54) is 49.1 Å². The molecule has 32 nitrogen and oxygen atoms in total. The van der Waals surface area contributed by atoms with Gasteiger partial charge in [0.15, 0.2) is 25.2 Å². The average Bonchev–Trinajstić information content (AvgIpc) is 0.809. The molecule has 8 N–H and O–H groups in total. The second kappa shape index (κ2) is 49.9. The summed E-state index contributed by atoms with van der Waals surface area (Å²) in [5.41, 5.74) is 1.32. The summed E-state index contributed by atoms with van der Waals surface area (Å²) in [7, 11) is 4.00. The van der Waals surface area contributed by atoms with E-state index < -0.39 is 148 Å². The molecule has 4 aromatic rings. The van der Waals surface area contributed by atoms with Gasteiger partial charge in [0.2, 0.25) is 0 Å². The molecular formula is C64H80Br4Cu4N4O28. The zero-order valence-corrected chi connectivity index (χ0v) is 66.3. The summed E-state index contributed by atoms with van der Waals surface area (Å²) < 4.78 is 68.1. The van der Waals surface area contributed by atoms with Crippen molar-refractivity contribution in [1.82, 2.24) is 0 Å². The molecule has 8 aliphatic rings. The molecule has 12 rings (SSSR count). The summed E-state index contributed by atoms with van der Waals surface area (Å²) in [4.78, 5) is 16.2. The number of rotatable bonds is 8. The smallest absolute Gasteiger partial charge is 0.872 e. The third-order valence-corrected chi connectivity index (χ3v) is 17.2. The molecule has 8 aliphatic heterocycles. The van der Waals surface area contributed by atoms with E-state index in [1.54, 1.807) is 76.2 Å². The van der Waals surface area contributed by atoms with Gasteiger partial charge in [0.05, 0.1) is 50.8 Å². The molecule has 0 aliphatic carbocycles. The van der Waals surface area contributed by atoms with Gasteiger partial charge in [-0.3, -0.25) is 20.0 Å². The van der Waals surface area contributed by atoms with Gasteiger partial charge < -0.3 is 139 Å². The fraction of sp³-hybridized carbons (Fsp3) is 0.562. The predicted octanol–water partition coefficient (Wildman–Crippen LogP) is -3.51. The van der Waals surface area contributed by atoms with Crippen LogP contribution in [0.1, 0.15) is 49.9 Å². The van der Waals surface area contributed by atoms with Gasteiger partial charge in [0, 0.05) is 71.2 Å². The summed E-state index contributed by atoms with van der Waals surface area (Å²) >= 11 is 13.1. The predicted molar refractivity (Wildman–Crippen MR) is 352 cm³/mol. The van der Waals surface area contributed by atoms with E-state index >= 15 is 0 Å². The number of fused-ring (bicyclic) bond motifs is 4. The zero-order valence-electron chi connectivity index (χ0n) is 56.2. The SMILES string of the molecule is CO.CO.CO.CO.C[C@@H]1OC[C@H]2O[C@@H](/N=C/c3cc(Br)ccc3[O-])[C@H]([O-])[C@@H](O)[C@@H]2O1.C[C@@H]1OC[C@H]2O[C@@H](/N=C/c3cc(Br)ccc3[O-])[C@H]([O-])[C@@H](O)[C@@H]2O1.C[C@@H]1OC[C@H]2O[C@@H](/N=C/c3cc(Br)ccc3[O-])[C@H]([O-])[C@@H](O)[C@@H]2O1.C[C@@H]1OC[C@H]2O[C@@H](/N=C/c3cc(Br)ccc3[O-])[C@H]([O-])[C@@H](O)[C@@H]2O1.[Cu+2].[Cu+2].[Cu+2].[Cu+2]. The van der Waals surface area contributed by atoms with Gasteiger partial charge in [-0.15, -0.1) is 0 Å². The van der Waals surface area contributed by atoms with Gasteiger partial charge in [-0.25, -0.2) is 0 Å². The van der Waals surface area contributed by atoms with Crippen LogP contribution in [0.3, 0.4) is 0 Å². The Morgan fingerprint density at radius 2 is 0.500 bits per heavy atom. The molecular weight excluding hydrogens is 1850 g/mol. The minimum absolute atomic E-state index is 0. The van der Waals surface area contributed by atoms with Crippen molar-refractivity contribution in [1.29, 1.82) is 0 Å². The minimum atomic E-state index is -1.50. The number of benzene rings is 4. The summed E-state index contributed by atoms with van der Waals surface area (Å²) in [6, 6.07) is 18.5. The van der Waals surface area contributed by atoms with Crippen LogP contribution in [0, 0.1) is 0 Å². The number of aliphatic imine (C=N–C) groups is 4. The summed E-state index contributed by atoms with van der Waals surface area (Å²) in [5.74, 6) is -0.864. The maximum Gasteiger partial charge on any atom is 2.00 e. The molecule has 0 aromatic heterocycles. The van der Waals surface area contributed by atoms with Crippen LogP contribution in [-0.4, -0.2) is 268 Å². The Balaban J connectivity index is 0.000000662. The molecule has 4 radical (unpaired) electrons. The van der Waals surface area contributed by atoms with Gasteiger partial charge in [0.1, 0.15) is 73.7 Å². The average molecular weight is 1930 g/mol. The Morgan fingerprint density at radius 1 is 0.327 bits per heavy atom.